The van der Waals surface area contributed by atoms with Crippen molar-refractivity contribution in [1.29, 1.82) is 0 Å². The summed E-state index contributed by atoms with van der Waals surface area (Å²) >= 11 is 0. The van der Waals surface area contributed by atoms with E-state index in [1.54, 1.807) is 24.3 Å². The molecule has 0 aliphatic heterocycles. The van der Waals surface area contributed by atoms with Crippen LogP contribution in [0.5, 0.6) is 5.75 Å². The lowest BCUT2D eigenvalue weighted by Crippen LogP contribution is -2.14. The molecular weight excluding hydrogens is 268 g/mol. The minimum atomic E-state index is -0.505. The van der Waals surface area contributed by atoms with E-state index in [1.807, 2.05) is 30.3 Å². The third kappa shape index (κ3) is 5.16. The molecule has 3 N–H and O–H groups in total. The zero-order valence-corrected chi connectivity index (χ0v) is 11.6. The maximum Gasteiger partial charge on any atom is 0.411 e. The van der Waals surface area contributed by atoms with Crippen molar-refractivity contribution in [2.75, 3.05) is 18.5 Å². The normalized spacial score (nSPS) is 9.95. The van der Waals surface area contributed by atoms with E-state index in [2.05, 4.69) is 5.32 Å². The highest BCUT2D eigenvalue weighted by atomic mass is 16.5. The number of nitrogens with two attached hydrogens (primary N) is 1. The number of anilines is 1. The number of amides is 1. The first-order valence-electron chi connectivity index (χ1n) is 6.68. The first kappa shape index (κ1) is 14.9. The smallest absolute Gasteiger partial charge is 0.411 e. The van der Waals surface area contributed by atoms with Crippen LogP contribution in [-0.4, -0.2) is 19.2 Å². The van der Waals surface area contributed by atoms with Crippen LogP contribution in [0, 0.1) is 0 Å². The summed E-state index contributed by atoms with van der Waals surface area (Å²) in [5.41, 5.74) is 6.93. The number of carbonyl (C=O) groups is 1. The maximum atomic E-state index is 11.7. The average molecular weight is 286 g/mol. The molecule has 0 aromatic heterocycles. The first-order chi connectivity index (χ1) is 10.3. The van der Waals surface area contributed by atoms with Crippen LogP contribution in [0.15, 0.2) is 54.6 Å². The van der Waals surface area contributed by atoms with Crippen molar-refractivity contribution >= 4 is 11.8 Å². The van der Waals surface area contributed by atoms with Crippen molar-refractivity contribution in [2.24, 2.45) is 5.73 Å². The van der Waals surface area contributed by atoms with Gasteiger partial charge in [0.25, 0.3) is 0 Å². The van der Waals surface area contributed by atoms with Crippen LogP contribution in [0.3, 0.4) is 0 Å². The Morgan fingerprint density at radius 3 is 2.67 bits per heavy atom. The van der Waals surface area contributed by atoms with Gasteiger partial charge in [0.2, 0.25) is 0 Å². The molecule has 2 aromatic carbocycles. The SMILES string of the molecule is NCCOc1cccc(NC(=O)OCc2ccccc2)c1. The van der Waals surface area contributed by atoms with Crippen LogP contribution in [0.1, 0.15) is 5.56 Å². The molecule has 21 heavy (non-hydrogen) atoms. The van der Waals surface area contributed by atoms with Crippen molar-refractivity contribution in [1.82, 2.24) is 0 Å². The summed E-state index contributed by atoms with van der Waals surface area (Å²) in [6, 6.07) is 16.6. The van der Waals surface area contributed by atoms with Gasteiger partial charge in [0.1, 0.15) is 19.0 Å². The quantitative estimate of drug-likeness (QED) is 0.856. The molecule has 0 saturated heterocycles. The second kappa shape index (κ2) is 7.91. The van der Waals surface area contributed by atoms with Gasteiger partial charge in [0.15, 0.2) is 0 Å². The fourth-order valence-electron chi connectivity index (χ4n) is 1.72. The van der Waals surface area contributed by atoms with Crippen LogP contribution in [0.25, 0.3) is 0 Å². The molecule has 0 unspecified atom stereocenters. The number of ether oxygens (including phenoxy) is 2. The van der Waals surface area contributed by atoms with Crippen LogP contribution >= 0.6 is 0 Å². The summed E-state index contributed by atoms with van der Waals surface area (Å²) in [4.78, 5) is 11.7. The minimum Gasteiger partial charge on any atom is -0.492 e. The molecule has 0 atom stereocenters. The van der Waals surface area contributed by atoms with Crippen molar-refractivity contribution in [3.63, 3.8) is 0 Å². The van der Waals surface area contributed by atoms with Gasteiger partial charge in [0, 0.05) is 18.3 Å². The van der Waals surface area contributed by atoms with Gasteiger partial charge in [-0.15, -0.1) is 0 Å². The van der Waals surface area contributed by atoms with E-state index in [0.717, 1.165) is 5.56 Å². The van der Waals surface area contributed by atoms with Crippen LogP contribution in [0.2, 0.25) is 0 Å². The van der Waals surface area contributed by atoms with E-state index in [-0.39, 0.29) is 6.61 Å². The standard InChI is InChI=1S/C16H18N2O3/c17-9-10-20-15-8-4-7-14(11-15)18-16(19)21-12-13-5-2-1-3-6-13/h1-8,11H,9-10,12,17H2,(H,18,19). The monoisotopic (exact) mass is 286 g/mol. The van der Waals surface area contributed by atoms with E-state index in [1.165, 1.54) is 0 Å². The molecule has 0 aliphatic rings. The molecular formula is C16H18N2O3. The Morgan fingerprint density at radius 1 is 1.10 bits per heavy atom. The zero-order valence-electron chi connectivity index (χ0n) is 11.6. The third-order valence-corrected chi connectivity index (χ3v) is 2.68. The predicted molar refractivity (Wildman–Crippen MR) is 81.2 cm³/mol. The van der Waals surface area contributed by atoms with Gasteiger partial charge < -0.3 is 15.2 Å². The molecule has 0 radical (unpaired) electrons. The van der Waals surface area contributed by atoms with Gasteiger partial charge in [-0.25, -0.2) is 4.79 Å². The van der Waals surface area contributed by atoms with Crippen LogP contribution < -0.4 is 15.8 Å². The highest BCUT2D eigenvalue weighted by molar-refractivity contribution is 5.84. The Bertz CT molecular complexity index is 573. The number of rotatable bonds is 6. The Kier molecular flexibility index (Phi) is 5.60. The van der Waals surface area contributed by atoms with Crippen molar-refractivity contribution in [3.05, 3.63) is 60.2 Å². The van der Waals surface area contributed by atoms with E-state index in [4.69, 9.17) is 15.2 Å². The fourth-order valence-corrected chi connectivity index (χ4v) is 1.72. The Hall–Kier alpha value is -2.53. The zero-order chi connectivity index (χ0) is 14.9. The largest absolute Gasteiger partial charge is 0.492 e. The maximum absolute atomic E-state index is 11.7. The van der Waals surface area contributed by atoms with Crippen molar-refractivity contribution < 1.29 is 14.3 Å². The number of carbonyl (C=O) groups excluding carboxylic acids is 1. The van der Waals surface area contributed by atoms with E-state index in [0.29, 0.717) is 24.6 Å². The molecule has 2 aromatic rings. The Labute approximate surface area is 123 Å². The third-order valence-electron chi connectivity index (χ3n) is 2.68. The predicted octanol–water partition coefficient (Wildman–Crippen LogP) is 2.77. The molecule has 0 bridgehead atoms. The summed E-state index contributed by atoms with van der Waals surface area (Å²) in [5, 5.41) is 2.66. The number of hydrogen-bond acceptors (Lipinski definition) is 4. The summed E-state index contributed by atoms with van der Waals surface area (Å²) in [7, 11) is 0. The lowest BCUT2D eigenvalue weighted by atomic mass is 10.2. The molecule has 0 spiro atoms. The highest BCUT2D eigenvalue weighted by Crippen LogP contribution is 2.17. The molecule has 5 nitrogen and oxygen atoms in total. The average Bonchev–Trinajstić information content (AvgIpc) is 2.52. The number of hydrogen-bond donors (Lipinski definition) is 2. The van der Waals surface area contributed by atoms with E-state index >= 15 is 0 Å². The van der Waals surface area contributed by atoms with Gasteiger partial charge in [-0.1, -0.05) is 36.4 Å². The second-order valence-electron chi connectivity index (χ2n) is 4.35. The highest BCUT2D eigenvalue weighted by Gasteiger charge is 2.04. The van der Waals surface area contributed by atoms with Crippen LogP contribution in [0.4, 0.5) is 10.5 Å². The van der Waals surface area contributed by atoms with Crippen molar-refractivity contribution in [3.8, 4) is 5.75 Å². The Balaban J connectivity index is 1.84. The second-order valence-corrected chi connectivity index (χ2v) is 4.35. The Morgan fingerprint density at radius 2 is 1.90 bits per heavy atom. The number of nitrogens with one attached hydrogen (secondary N) is 1. The minimum absolute atomic E-state index is 0.232. The molecule has 0 saturated carbocycles. The lowest BCUT2D eigenvalue weighted by Gasteiger charge is -2.09. The van der Waals surface area contributed by atoms with Crippen LogP contribution in [-0.2, 0) is 11.3 Å². The van der Waals surface area contributed by atoms with Crippen molar-refractivity contribution in [2.45, 2.75) is 6.61 Å². The molecule has 5 heteroatoms. The molecule has 2 rings (SSSR count). The van der Waals surface area contributed by atoms with Gasteiger partial charge >= 0.3 is 6.09 Å². The molecule has 0 aliphatic carbocycles. The lowest BCUT2D eigenvalue weighted by molar-refractivity contribution is 0.155. The summed E-state index contributed by atoms with van der Waals surface area (Å²) in [6.45, 7) is 1.11. The van der Waals surface area contributed by atoms with E-state index in [9.17, 15) is 4.79 Å². The van der Waals surface area contributed by atoms with Gasteiger partial charge in [-0.2, -0.15) is 0 Å². The molecule has 0 fully saturated rings. The summed E-state index contributed by atoms with van der Waals surface area (Å²) in [6.07, 6.45) is -0.505. The fraction of sp³-hybridized carbons (Fsp3) is 0.188. The van der Waals surface area contributed by atoms with Gasteiger partial charge in [-0.3, -0.25) is 5.32 Å². The summed E-state index contributed by atoms with van der Waals surface area (Å²) < 4.78 is 10.5. The van der Waals surface area contributed by atoms with Gasteiger partial charge in [-0.05, 0) is 17.7 Å². The molecule has 0 heterocycles. The topological polar surface area (TPSA) is 73.6 Å². The number of benzene rings is 2. The molecule has 110 valence electrons. The molecule has 1 amide bonds. The first-order valence-corrected chi connectivity index (χ1v) is 6.68. The summed E-state index contributed by atoms with van der Waals surface area (Å²) in [5.74, 6) is 0.654. The van der Waals surface area contributed by atoms with E-state index < -0.39 is 6.09 Å². The van der Waals surface area contributed by atoms with Gasteiger partial charge in [0.05, 0.1) is 0 Å².